The number of nitrogens with two attached hydrogens (primary N) is 1. The van der Waals surface area contributed by atoms with Crippen LogP contribution in [0.15, 0.2) is 12.4 Å². The zero-order valence-electron chi connectivity index (χ0n) is 9.92. The van der Waals surface area contributed by atoms with Crippen molar-refractivity contribution in [1.82, 2.24) is 14.9 Å². The third-order valence-electron chi connectivity index (χ3n) is 2.27. The third-order valence-corrected chi connectivity index (χ3v) is 2.27. The Labute approximate surface area is 100 Å². The van der Waals surface area contributed by atoms with Crippen LogP contribution in [0.2, 0.25) is 0 Å². The maximum absolute atomic E-state index is 12.0. The highest BCUT2D eigenvalue weighted by atomic mass is 16.2. The molecule has 1 heterocycles. The van der Waals surface area contributed by atoms with Gasteiger partial charge in [-0.2, -0.15) is 5.26 Å². The molecule has 1 rings (SSSR count). The molecule has 0 aliphatic rings. The number of carbonyl (C=O) groups is 1. The Morgan fingerprint density at radius 3 is 2.76 bits per heavy atom. The molecule has 0 saturated carbocycles. The van der Waals surface area contributed by atoms with E-state index < -0.39 is 0 Å². The Morgan fingerprint density at radius 1 is 1.59 bits per heavy atom. The first-order valence-electron chi connectivity index (χ1n) is 5.34. The summed E-state index contributed by atoms with van der Waals surface area (Å²) >= 11 is 0. The minimum Gasteiger partial charge on any atom is -0.382 e. The lowest BCUT2D eigenvalue weighted by Crippen LogP contribution is -2.34. The van der Waals surface area contributed by atoms with E-state index in [0.717, 1.165) is 0 Å². The lowest BCUT2D eigenvalue weighted by molar-refractivity contribution is 0.0746. The maximum Gasteiger partial charge on any atom is 0.274 e. The number of nitrogens with zero attached hydrogens (tertiary/aromatic N) is 4. The second-order valence-electron chi connectivity index (χ2n) is 3.70. The van der Waals surface area contributed by atoms with E-state index in [1.165, 1.54) is 12.4 Å². The molecular weight excluding hydrogens is 218 g/mol. The van der Waals surface area contributed by atoms with Crippen molar-refractivity contribution < 1.29 is 4.79 Å². The van der Waals surface area contributed by atoms with E-state index in [9.17, 15) is 4.79 Å². The molecular formula is C11H15N5O. The van der Waals surface area contributed by atoms with Crippen molar-refractivity contribution in [2.45, 2.75) is 13.8 Å². The van der Waals surface area contributed by atoms with Gasteiger partial charge < -0.3 is 10.6 Å². The van der Waals surface area contributed by atoms with Gasteiger partial charge in [0.25, 0.3) is 5.91 Å². The first-order valence-corrected chi connectivity index (χ1v) is 5.34. The van der Waals surface area contributed by atoms with Gasteiger partial charge in [0.05, 0.1) is 24.4 Å². The Bertz CT molecular complexity index is 422. The molecule has 0 bridgehead atoms. The fraction of sp³-hybridized carbons (Fsp3) is 0.455. The molecule has 6 heteroatoms. The van der Waals surface area contributed by atoms with Crippen molar-refractivity contribution in [3.63, 3.8) is 0 Å². The summed E-state index contributed by atoms with van der Waals surface area (Å²) in [7, 11) is 0. The summed E-state index contributed by atoms with van der Waals surface area (Å²) in [6, 6.07) is 2.10. The average molecular weight is 233 g/mol. The highest BCUT2D eigenvalue weighted by Gasteiger charge is 2.17. The molecule has 1 amide bonds. The first-order chi connectivity index (χ1) is 8.08. The molecule has 1 unspecified atom stereocenters. The maximum atomic E-state index is 12.0. The lowest BCUT2D eigenvalue weighted by Gasteiger charge is -2.21. The number of hydrogen-bond acceptors (Lipinski definition) is 5. The van der Waals surface area contributed by atoms with E-state index in [2.05, 4.69) is 16.0 Å². The number of carbonyl (C=O) groups excluding carboxylic acids is 1. The molecule has 17 heavy (non-hydrogen) atoms. The van der Waals surface area contributed by atoms with Gasteiger partial charge in [0, 0.05) is 13.1 Å². The standard InChI is InChI=1S/C11H15N5O/c1-3-16(7-8(2)4-12)11(17)9-5-15-10(13)6-14-9/h5-6,8H,3,7H2,1-2H3,(H2,13,15). The number of hydrogen-bond donors (Lipinski definition) is 1. The number of nitrogen functional groups attached to an aromatic ring is 1. The van der Waals surface area contributed by atoms with E-state index in [1.807, 2.05) is 6.92 Å². The number of amides is 1. The highest BCUT2D eigenvalue weighted by Crippen LogP contribution is 2.05. The van der Waals surface area contributed by atoms with E-state index in [-0.39, 0.29) is 23.3 Å². The molecule has 2 N–H and O–H groups in total. The monoisotopic (exact) mass is 233 g/mol. The van der Waals surface area contributed by atoms with Crippen LogP contribution in [0.1, 0.15) is 24.3 Å². The van der Waals surface area contributed by atoms with Crippen molar-refractivity contribution in [2.75, 3.05) is 18.8 Å². The van der Waals surface area contributed by atoms with Crippen LogP contribution < -0.4 is 5.73 Å². The van der Waals surface area contributed by atoms with Gasteiger partial charge in [0.2, 0.25) is 0 Å². The van der Waals surface area contributed by atoms with Crippen molar-refractivity contribution in [1.29, 1.82) is 5.26 Å². The van der Waals surface area contributed by atoms with Crippen molar-refractivity contribution in [2.24, 2.45) is 5.92 Å². The minimum atomic E-state index is -0.234. The van der Waals surface area contributed by atoms with Gasteiger partial charge in [-0.25, -0.2) is 9.97 Å². The summed E-state index contributed by atoms with van der Waals surface area (Å²) in [5.74, 6) is -0.169. The van der Waals surface area contributed by atoms with Crippen molar-refractivity contribution >= 4 is 11.7 Å². The quantitative estimate of drug-likeness (QED) is 0.824. The normalized spacial score (nSPS) is 11.6. The van der Waals surface area contributed by atoms with Crippen LogP contribution in [-0.2, 0) is 0 Å². The Balaban J connectivity index is 2.79. The molecule has 1 atom stereocenters. The number of aromatic nitrogens is 2. The number of rotatable bonds is 4. The van der Waals surface area contributed by atoms with Crippen molar-refractivity contribution in [3.8, 4) is 6.07 Å². The molecule has 0 saturated heterocycles. The summed E-state index contributed by atoms with van der Waals surface area (Å²) in [6.45, 7) is 4.53. The molecule has 90 valence electrons. The largest absolute Gasteiger partial charge is 0.382 e. The molecule has 0 spiro atoms. The number of anilines is 1. The topological polar surface area (TPSA) is 95.9 Å². The average Bonchev–Trinajstić information content (AvgIpc) is 2.35. The Hall–Kier alpha value is -2.16. The third kappa shape index (κ3) is 3.41. The van der Waals surface area contributed by atoms with Crippen LogP contribution in [0.3, 0.4) is 0 Å². The molecule has 0 aliphatic heterocycles. The smallest absolute Gasteiger partial charge is 0.274 e. The summed E-state index contributed by atoms with van der Waals surface area (Å²) in [5, 5.41) is 8.74. The Kier molecular flexibility index (Phi) is 4.40. The summed E-state index contributed by atoms with van der Waals surface area (Å²) in [6.07, 6.45) is 2.69. The van der Waals surface area contributed by atoms with E-state index in [1.54, 1.807) is 11.8 Å². The van der Waals surface area contributed by atoms with Crippen LogP contribution in [0.5, 0.6) is 0 Å². The summed E-state index contributed by atoms with van der Waals surface area (Å²) in [5.41, 5.74) is 5.64. The SMILES string of the molecule is CCN(CC(C)C#N)C(=O)c1cnc(N)cn1. The van der Waals surface area contributed by atoms with E-state index >= 15 is 0 Å². The molecule has 0 aromatic carbocycles. The van der Waals surface area contributed by atoms with Crippen molar-refractivity contribution in [3.05, 3.63) is 18.1 Å². The highest BCUT2D eigenvalue weighted by molar-refractivity contribution is 5.92. The predicted molar refractivity (Wildman–Crippen MR) is 62.8 cm³/mol. The van der Waals surface area contributed by atoms with Crippen LogP contribution in [0.4, 0.5) is 5.82 Å². The first kappa shape index (κ1) is 12.9. The van der Waals surface area contributed by atoms with Crippen LogP contribution in [0.25, 0.3) is 0 Å². The molecule has 6 nitrogen and oxygen atoms in total. The second-order valence-corrected chi connectivity index (χ2v) is 3.70. The Morgan fingerprint density at radius 2 is 2.29 bits per heavy atom. The van der Waals surface area contributed by atoms with Gasteiger partial charge in [0.15, 0.2) is 0 Å². The second kappa shape index (κ2) is 5.80. The van der Waals surface area contributed by atoms with Gasteiger partial charge in [0.1, 0.15) is 11.5 Å². The molecule has 1 aromatic rings. The van der Waals surface area contributed by atoms with Crippen LogP contribution >= 0.6 is 0 Å². The zero-order valence-corrected chi connectivity index (χ0v) is 9.92. The summed E-state index contributed by atoms with van der Waals surface area (Å²) in [4.78, 5) is 21.3. The molecule has 0 radical (unpaired) electrons. The summed E-state index contributed by atoms with van der Waals surface area (Å²) < 4.78 is 0. The van der Waals surface area contributed by atoms with Crippen LogP contribution in [0, 0.1) is 17.2 Å². The zero-order chi connectivity index (χ0) is 12.8. The van der Waals surface area contributed by atoms with E-state index in [4.69, 9.17) is 11.0 Å². The molecule has 0 fully saturated rings. The lowest BCUT2D eigenvalue weighted by atomic mass is 10.2. The van der Waals surface area contributed by atoms with Gasteiger partial charge in [-0.3, -0.25) is 4.79 Å². The fourth-order valence-electron chi connectivity index (χ4n) is 1.34. The van der Waals surface area contributed by atoms with Gasteiger partial charge in [-0.15, -0.1) is 0 Å². The van der Waals surface area contributed by atoms with Gasteiger partial charge in [-0.1, -0.05) is 0 Å². The minimum absolute atomic E-state index is 0.208. The molecule has 0 aliphatic carbocycles. The van der Waals surface area contributed by atoms with E-state index in [0.29, 0.717) is 13.1 Å². The number of nitriles is 1. The van der Waals surface area contributed by atoms with Gasteiger partial charge >= 0.3 is 0 Å². The fourth-order valence-corrected chi connectivity index (χ4v) is 1.34. The molecule has 1 aromatic heterocycles. The van der Waals surface area contributed by atoms with Gasteiger partial charge in [-0.05, 0) is 13.8 Å². The predicted octanol–water partition coefficient (Wildman–Crippen LogP) is 0.681. The van der Waals surface area contributed by atoms with Crippen LogP contribution in [-0.4, -0.2) is 33.9 Å².